The number of nitrogens with zero attached hydrogens (tertiary/aromatic N) is 2. The highest BCUT2D eigenvalue weighted by Gasteiger charge is 2.33. The molecule has 9 heteroatoms. The second kappa shape index (κ2) is 12.1. The number of aryl methyl sites for hydroxylation is 1. The number of carbonyl (C=O) groups is 2. The molecule has 0 aliphatic carbocycles. The molecule has 1 atom stereocenters. The number of likely N-dealkylation sites (N-methyl/N-ethyl adjacent to an activating group) is 1. The molecular weight excluding hydrogens is 498 g/mol. The first-order chi connectivity index (χ1) is 17.2. The largest absolute Gasteiger partial charge is 0.357 e. The monoisotopic (exact) mass is 527 g/mol. The van der Waals surface area contributed by atoms with Gasteiger partial charge in [0, 0.05) is 18.6 Å². The Labute approximate surface area is 217 Å². The summed E-state index contributed by atoms with van der Waals surface area (Å²) in [6.45, 7) is 3.45. The van der Waals surface area contributed by atoms with E-state index in [1.54, 1.807) is 42.5 Å². The molecule has 0 fully saturated rings. The fourth-order valence-corrected chi connectivity index (χ4v) is 5.39. The lowest BCUT2D eigenvalue weighted by atomic mass is 10.1. The first-order valence-corrected chi connectivity index (χ1v) is 13.4. The molecule has 3 rings (SSSR count). The molecule has 0 spiro atoms. The first kappa shape index (κ1) is 27.2. The zero-order chi connectivity index (χ0) is 26.3. The predicted octanol–water partition coefficient (Wildman–Crippen LogP) is 4.40. The third-order valence-electron chi connectivity index (χ3n) is 5.83. The van der Waals surface area contributed by atoms with E-state index in [-0.39, 0.29) is 17.3 Å². The van der Waals surface area contributed by atoms with Crippen molar-refractivity contribution in [2.24, 2.45) is 0 Å². The molecule has 36 heavy (non-hydrogen) atoms. The number of carbonyl (C=O) groups excluding carboxylic acids is 2. The van der Waals surface area contributed by atoms with E-state index in [0.29, 0.717) is 17.1 Å². The molecule has 7 nitrogen and oxygen atoms in total. The molecule has 0 aliphatic heterocycles. The average Bonchev–Trinajstić information content (AvgIpc) is 2.89. The fourth-order valence-electron chi connectivity index (χ4n) is 3.83. The highest BCUT2D eigenvalue weighted by Crippen LogP contribution is 2.26. The third kappa shape index (κ3) is 6.44. The summed E-state index contributed by atoms with van der Waals surface area (Å²) >= 11 is 6.03. The highest BCUT2D eigenvalue weighted by atomic mass is 35.5. The molecule has 0 heterocycles. The summed E-state index contributed by atoms with van der Waals surface area (Å²) in [5, 5.41) is 3.05. The maximum Gasteiger partial charge on any atom is 0.264 e. The molecule has 2 amide bonds. The average molecular weight is 528 g/mol. The Morgan fingerprint density at radius 1 is 0.944 bits per heavy atom. The number of nitrogens with one attached hydrogen (secondary N) is 1. The third-order valence-corrected chi connectivity index (χ3v) is 7.87. The van der Waals surface area contributed by atoms with Crippen molar-refractivity contribution in [3.63, 3.8) is 0 Å². The van der Waals surface area contributed by atoms with E-state index in [1.807, 2.05) is 38.1 Å². The standard InChI is InChI=1S/C27H30ClN3O4S/c1-4-25(27(33)29-3)30(18-21-12-10-20(2)11-13-21)26(32)19-31(23-16-14-22(28)15-17-23)36(34,35)24-8-6-5-7-9-24/h5-17,25H,4,18-19H2,1-3H3,(H,29,33). The lowest BCUT2D eigenvalue weighted by molar-refractivity contribution is -0.140. The Balaban J connectivity index is 2.03. The van der Waals surface area contributed by atoms with Gasteiger partial charge in [0.05, 0.1) is 10.6 Å². The summed E-state index contributed by atoms with van der Waals surface area (Å²) in [4.78, 5) is 28.0. The molecule has 0 saturated carbocycles. The minimum Gasteiger partial charge on any atom is -0.357 e. The molecule has 1 N–H and O–H groups in total. The minimum atomic E-state index is -4.09. The van der Waals surface area contributed by atoms with Crippen molar-refractivity contribution in [3.05, 3.63) is 95.0 Å². The Morgan fingerprint density at radius 2 is 1.56 bits per heavy atom. The van der Waals surface area contributed by atoms with Gasteiger partial charge >= 0.3 is 0 Å². The van der Waals surface area contributed by atoms with Crippen LogP contribution in [0.2, 0.25) is 5.02 Å². The van der Waals surface area contributed by atoms with Crippen molar-refractivity contribution >= 4 is 39.1 Å². The van der Waals surface area contributed by atoms with Gasteiger partial charge in [-0.25, -0.2) is 8.42 Å². The van der Waals surface area contributed by atoms with E-state index >= 15 is 0 Å². The van der Waals surface area contributed by atoms with E-state index < -0.39 is 28.5 Å². The van der Waals surface area contributed by atoms with Crippen LogP contribution in [0.25, 0.3) is 0 Å². The molecule has 0 aliphatic rings. The summed E-state index contributed by atoms with van der Waals surface area (Å²) in [6, 6.07) is 21.0. The zero-order valence-corrected chi connectivity index (χ0v) is 22.1. The lowest BCUT2D eigenvalue weighted by Crippen LogP contribution is -2.51. The highest BCUT2D eigenvalue weighted by molar-refractivity contribution is 7.92. The maximum absolute atomic E-state index is 13.8. The Morgan fingerprint density at radius 3 is 2.11 bits per heavy atom. The zero-order valence-electron chi connectivity index (χ0n) is 20.5. The first-order valence-electron chi connectivity index (χ1n) is 11.6. The van der Waals surface area contributed by atoms with Gasteiger partial charge in [0.2, 0.25) is 11.8 Å². The fraction of sp³-hybridized carbons (Fsp3) is 0.259. The van der Waals surface area contributed by atoms with Gasteiger partial charge in [-0.05, 0) is 55.3 Å². The number of rotatable bonds is 10. The van der Waals surface area contributed by atoms with Crippen LogP contribution < -0.4 is 9.62 Å². The van der Waals surface area contributed by atoms with Gasteiger partial charge in [0.25, 0.3) is 10.0 Å². The topological polar surface area (TPSA) is 86.8 Å². The van der Waals surface area contributed by atoms with E-state index in [0.717, 1.165) is 15.4 Å². The SMILES string of the molecule is CCC(C(=O)NC)N(Cc1ccc(C)cc1)C(=O)CN(c1ccc(Cl)cc1)S(=O)(=O)c1ccccc1. The van der Waals surface area contributed by atoms with E-state index in [1.165, 1.54) is 24.1 Å². The molecule has 3 aromatic rings. The maximum atomic E-state index is 13.8. The minimum absolute atomic E-state index is 0.0520. The van der Waals surface area contributed by atoms with Crippen molar-refractivity contribution in [1.29, 1.82) is 0 Å². The number of sulfonamides is 1. The van der Waals surface area contributed by atoms with E-state index in [9.17, 15) is 18.0 Å². The summed E-state index contributed by atoms with van der Waals surface area (Å²) < 4.78 is 28.3. The summed E-state index contributed by atoms with van der Waals surface area (Å²) in [5.74, 6) is -0.817. The number of benzene rings is 3. The van der Waals surface area contributed by atoms with Crippen LogP contribution >= 0.6 is 11.6 Å². The van der Waals surface area contributed by atoms with Crippen LogP contribution in [0.3, 0.4) is 0 Å². The molecule has 0 aromatic heterocycles. The van der Waals surface area contributed by atoms with Crippen molar-refractivity contribution in [2.45, 2.75) is 37.8 Å². The molecule has 0 bridgehead atoms. The predicted molar refractivity (Wildman–Crippen MR) is 142 cm³/mol. The van der Waals surface area contributed by atoms with Gasteiger partial charge in [-0.3, -0.25) is 13.9 Å². The smallest absolute Gasteiger partial charge is 0.264 e. The molecule has 3 aromatic carbocycles. The molecular formula is C27H30ClN3O4S. The second-order valence-corrected chi connectivity index (χ2v) is 10.6. The van der Waals surface area contributed by atoms with Gasteiger partial charge in [-0.1, -0.05) is 66.6 Å². The molecule has 0 radical (unpaired) electrons. The van der Waals surface area contributed by atoms with Crippen LogP contribution in [-0.2, 0) is 26.2 Å². The van der Waals surface area contributed by atoms with Gasteiger partial charge in [-0.15, -0.1) is 0 Å². The van der Waals surface area contributed by atoms with Crippen molar-refractivity contribution < 1.29 is 18.0 Å². The normalized spacial score (nSPS) is 12.0. The van der Waals surface area contributed by atoms with Gasteiger partial charge in [0.1, 0.15) is 12.6 Å². The lowest BCUT2D eigenvalue weighted by Gasteiger charge is -2.33. The van der Waals surface area contributed by atoms with Crippen LogP contribution in [0.15, 0.2) is 83.8 Å². The van der Waals surface area contributed by atoms with Crippen LogP contribution in [-0.4, -0.2) is 44.8 Å². The Kier molecular flexibility index (Phi) is 9.12. The van der Waals surface area contributed by atoms with Crippen LogP contribution in [0.5, 0.6) is 0 Å². The summed E-state index contributed by atoms with van der Waals surface area (Å²) in [7, 11) is -2.58. The second-order valence-electron chi connectivity index (χ2n) is 8.35. The number of hydrogen-bond donors (Lipinski definition) is 1. The molecule has 0 saturated heterocycles. The molecule has 190 valence electrons. The quantitative estimate of drug-likeness (QED) is 0.423. The van der Waals surface area contributed by atoms with Crippen molar-refractivity contribution in [3.8, 4) is 0 Å². The van der Waals surface area contributed by atoms with E-state index in [2.05, 4.69) is 5.32 Å². The summed E-state index contributed by atoms with van der Waals surface area (Å²) in [5.41, 5.74) is 2.19. The van der Waals surface area contributed by atoms with E-state index in [4.69, 9.17) is 11.6 Å². The Hall–Kier alpha value is -3.36. The van der Waals surface area contributed by atoms with Crippen LogP contribution in [0.4, 0.5) is 5.69 Å². The number of hydrogen-bond acceptors (Lipinski definition) is 4. The van der Waals surface area contributed by atoms with Gasteiger partial charge < -0.3 is 10.2 Å². The number of anilines is 1. The molecule has 1 unspecified atom stereocenters. The van der Waals surface area contributed by atoms with Gasteiger partial charge in [-0.2, -0.15) is 0 Å². The van der Waals surface area contributed by atoms with Gasteiger partial charge in [0.15, 0.2) is 0 Å². The Bertz CT molecular complexity index is 1280. The number of halogens is 1. The van der Waals surface area contributed by atoms with Crippen LogP contribution in [0, 0.1) is 6.92 Å². The number of amides is 2. The van der Waals surface area contributed by atoms with Crippen LogP contribution in [0.1, 0.15) is 24.5 Å². The summed E-state index contributed by atoms with van der Waals surface area (Å²) in [6.07, 6.45) is 0.365. The van der Waals surface area contributed by atoms with Crippen molar-refractivity contribution in [2.75, 3.05) is 17.9 Å². The van der Waals surface area contributed by atoms with Crippen molar-refractivity contribution in [1.82, 2.24) is 10.2 Å².